The second-order valence-corrected chi connectivity index (χ2v) is 3.86. The Labute approximate surface area is 104 Å². The van der Waals surface area contributed by atoms with Crippen LogP contribution in [0.4, 0.5) is 4.39 Å². The molecule has 0 spiro atoms. The molecular weight excluding hydrogens is 245 g/mol. The van der Waals surface area contributed by atoms with E-state index in [9.17, 15) is 9.18 Å². The fraction of sp³-hybridized carbons (Fsp3) is 0.250. The molecule has 0 radical (unpaired) electrons. The third-order valence-electron chi connectivity index (χ3n) is 2.27. The van der Waals surface area contributed by atoms with E-state index in [4.69, 9.17) is 16.7 Å². The number of aliphatic hydroxyl groups is 1. The zero-order valence-electron chi connectivity index (χ0n) is 9.12. The van der Waals surface area contributed by atoms with E-state index in [0.29, 0.717) is 12.0 Å². The number of amides is 1. The summed E-state index contributed by atoms with van der Waals surface area (Å²) in [6.45, 7) is 3.21. The van der Waals surface area contributed by atoms with Crippen molar-refractivity contribution < 1.29 is 14.3 Å². The van der Waals surface area contributed by atoms with Crippen molar-refractivity contribution in [1.82, 2.24) is 5.32 Å². The van der Waals surface area contributed by atoms with Crippen LogP contribution in [-0.2, 0) is 4.79 Å². The molecule has 0 aliphatic heterocycles. The van der Waals surface area contributed by atoms with Gasteiger partial charge in [-0.25, -0.2) is 4.39 Å². The van der Waals surface area contributed by atoms with Gasteiger partial charge in [-0.1, -0.05) is 24.2 Å². The quantitative estimate of drug-likeness (QED) is 0.795. The maximum atomic E-state index is 13.3. The SMILES string of the molecule is C=CC(=O)NC(CCO)c1ccc(Cl)c(F)c1. The second kappa shape index (κ2) is 6.37. The third kappa shape index (κ3) is 3.84. The Bertz CT molecular complexity index is 423. The minimum atomic E-state index is -0.556. The van der Waals surface area contributed by atoms with Crippen molar-refractivity contribution >= 4 is 17.5 Å². The fourth-order valence-corrected chi connectivity index (χ4v) is 1.53. The molecule has 0 saturated heterocycles. The van der Waals surface area contributed by atoms with Gasteiger partial charge in [0.15, 0.2) is 0 Å². The molecule has 1 aromatic carbocycles. The van der Waals surface area contributed by atoms with E-state index in [2.05, 4.69) is 11.9 Å². The zero-order chi connectivity index (χ0) is 12.8. The van der Waals surface area contributed by atoms with Crippen LogP contribution in [0.1, 0.15) is 18.0 Å². The van der Waals surface area contributed by atoms with E-state index >= 15 is 0 Å². The molecule has 17 heavy (non-hydrogen) atoms. The molecule has 5 heteroatoms. The molecule has 0 saturated carbocycles. The maximum Gasteiger partial charge on any atom is 0.243 e. The molecule has 0 heterocycles. The predicted molar refractivity (Wildman–Crippen MR) is 64.2 cm³/mol. The average Bonchev–Trinajstić information content (AvgIpc) is 2.32. The lowest BCUT2D eigenvalue weighted by molar-refractivity contribution is -0.117. The second-order valence-electron chi connectivity index (χ2n) is 3.45. The Balaban J connectivity index is 2.92. The predicted octanol–water partition coefficient (Wildman–Crippen LogP) is 2.20. The van der Waals surface area contributed by atoms with E-state index in [1.54, 1.807) is 6.07 Å². The highest BCUT2D eigenvalue weighted by Crippen LogP contribution is 2.22. The third-order valence-corrected chi connectivity index (χ3v) is 2.57. The Kier molecular flexibility index (Phi) is 5.12. The van der Waals surface area contributed by atoms with Crippen molar-refractivity contribution in [2.75, 3.05) is 6.61 Å². The number of benzene rings is 1. The molecule has 1 unspecified atom stereocenters. The molecule has 2 N–H and O–H groups in total. The minimum absolute atomic E-state index is 0.0199. The van der Waals surface area contributed by atoms with Gasteiger partial charge in [0, 0.05) is 6.61 Å². The first-order valence-electron chi connectivity index (χ1n) is 5.07. The van der Waals surface area contributed by atoms with Gasteiger partial charge >= 0.3 is 0 Å². The Morgan fingerprint density at radius 1 is 1.65 bits per heavy atom. The van der Waals surface area contributed by atoms with E-state index in [1.165, 1.54) is 12.1 Å². The van der Waals surface area contributed by atoms with E-state index in [1.807, 2.05) is 0 Å². The summed E-state index contributed by atoms with van der Waals surface area (Å²) < 4.78 is 13.3. The zero-order valence-corrected chi connectivity index (χ0v) is 9.88. The molecule has 0 aliphatic carbocycles. The number of aliphatic hydroxyl groups excluding tert-OH is 1. The lowest BCUT2D eigenvalue weighted by atomic mass is 10.0. The van der Waals surface area contributed by atoms with Gasteiger partial charge in [0.25, 0.3) is 0 Å². The standard InChI is InChI=1S/C12H13ClFNO2/c1-2-12(17)15-11(5-6-16)8-3-4-9(13)10(14)7-8/h2-4,7,11,16H,1,5-6H2,(H,15,17). The van der Waals surface area contributed by atoms with Gasteiger partial charge in [-0.3, -0.25) is 4.79 Å². The van der Waals surface area contributed by atoms with Crippen LogP contribution in [0.25, 0.3) is 0 Å². The summed E-state index contributed by atoms with van der Waals surface area (Å²) in [6, 6.07) is 3.80. The summed E-state index contributed by atoms with van der Waals surface area (Å²) >= 11 is 5.57. The van der Waals surface area contributed by atoms with E-state index in [0.717, 1.165) is 6.08 Å². The monoisotopic (exact) mass is 257 g/mol. The normalized spacial score (nSPS) is 11.9. The van der Waals surface area contributed by atoms with Gasteiger partial charge in [-0.05, 0) is 30.2 Å². The van der Waals surface area contributed by atoms with E-state index < -0.39 is 11.9 Å². The number of hydrogen-bond acceptors (Lipinski definition) is 2. The van der Waals surface area contributed by atoms with Crippen molar-refractivity contribution in [3.8, 4) is 0 Å². The lowest BCUT2D eigenvalue weighted by Crippen LogP contribution is -2.27. The molecule has 1 rings (SSSR count). The summed E-state index contributed by atoms with van der Waals surface area (Å²) in [7, 11) is 0. The molecule has 3 nitrogen and oxygen atoms in total. The van der Waals surface area contributed by atoms with Gasteiger partial charge in [0.1, 0.15) is 5.82 Å². The van der Waals surface area contributed by atoms with Crippen molar-refractivity contribution in [3.63, 3.8) is 0 Å². The van der Waals surface area contributed by atoms with Crippen molar-refractivity contribution in [3.05, 3.63) is 47.3 Å². The van der Waals surface area contributed by atoms with E-state index in [-0.39, 0.29) is 17.5 Å². The Hall–Kier alpha value is -1.39. The Morgan fingerprint density at radius 2 is 2.35 bits per heavy atom. The van der Waals surface area contributed by atoms with Crippen LogP contribution in [0, 0.1) is 5.82 Å². The van der Waals surface area contributed by atoms with Crippen molar-refractivity contribution in [2.24, 2.45) is 0 Å². The maximum absolute atomic E-state index is 13.3. The highest BCUT2D eigenvalue weighted by Gasteiger charge is 2.14. The topological polar surface area (TPSA) is 49.3 Å². The van der Waals surface area contributed by atoms with Crippen LogP contribution in [0.15, 0.2) is 30.9 Å². The number of nitrogens with one attached hydrogen (secondary N) is 1. The average molecular weight is 258 g/mol. The largest absolute Gasteiger partial charge is 0.396 e. The highest BCUT2D eigenvalue weighted by atomic mass is 35.5. The number of halogens is 2. The van der Waals surface area contributed by atoms with Crippen LogP contribution in [-0.4, -0.2) is 17.6 Å². The van der Waals surface area contributed by atoms with Gasteiger partial charge in [0.05, 0.1) is 11.1 Å². The van der Waals surface area contributed by atoms with Gasteiger partial charge in [-0.15, -0.1) is 0 Å². The summed E-state index contributed by atoms with van der Waals surface area (Å²) in [6.07, 6.45) is 1.41. The van der Waals surface area contributed by atoms with Gasteiger partial charge in [0.2, 0.25) is 5.91 Å². The Morgan fingerprint density at radius 3 is 2.88 bits per heavy atom. The first-order valence-corrected chi connectivity index (χ1v) is 5.45. The smallest absolute Gasteiger partial charge is 0.243 e. The lowest BCUT2D eigenvalue weighted by Gasteiger charge is -2.17. The molecule has 0 aliphatic rings. The summed E-state index contributed by atoms with van der Waals surface area (Å²) in [5.41, 5.74) is 0.552. The molecule has 0 aromatic heterocycles. The summed E-state index contributed by atoms with van der Waals surface area (Å²) in [4.78, 5) is 11.2. The van der Waals surface area contributed by atoms with Crippen LogP contribution in [0.2, 0.25) is 5.02 Å². The molecule has 0 fully saturated rings. The van der Waals surface area contributed by atoms with Gasteiger partial charge in [-0.2, -0.15) is 0 Å². The molecular formula is C12H13ClFNO2. The molecule has 0 bridgehead atoms. The van der Waals surface area contributed by atoms with Crippen LogP contribution < -0.4 is 5.32 Å². The minimum Gasteiger partial charge on any atom is -0.396 e. The van der Waals surface area contributed by atoms with Gasteiger partial charge < -0.3 is 10.4 Å². The summed E-state index contributed by atoms with van der Waals surface area (Å²) in [5.74, 6) is -0.932. The molecule has 1 atom stereocenters. The van der Waals surface area contributed by atoms with Crippen LogP contribution in [0.3, 0.4) is 0 Å². The number of carbonyl (C=O) groups excluding carboxylic acids is 1. The number of carbonyl (C=O) groups is 1. The highest BCUT2D eigenvalue weighted by molar-refractivity contribution is 6.30. The first kappa shape index (κ1) is 13.7. The summed E-state index contributed by atoms with van der Waals surface area (Å²) in [5, 5.41) is 11.5. The van der Waals surface area contributed by atoms with Crippen LogP contribution >= 0.6 is 11.6 Å². The van der Waals surface area contributed by atoms with Crippen LogP contribution in [0.5, 0.6) is 0 Å². The van der Waals surface area contributed by atoms with Crippen molar-refractivity contribution in [2.45, 2.75) is 12.5 Å². The first-order chi connectivity index (χ1) is 8.08. The molecule has 1 aromatic rings. The number of rotatable bonds is 5. The molecule has 1 amide bonds. The molecule has 92 valence electrons. The number of hydrogen-bond donors (Lipinski definition) is 2. The van der Waals surface area contributed by atoms with Crippen molar-refractivity contribution in [1.29, 1.82) is 0 Å². The fourth-order valence-electron chi connectivity index (χ4n) is 1.41.